The van der Waals surface area contributed by atoms with Gasteiger partial charge in [-0.1, -0.05) is 11.6 Å². The smallest absolute Gasteiger partial charge is 0.226 e. The van der Waals surface area contributed by atoms with Crippen LogP contribution in [0.2, 0.25) is 5.02 Å². The first-order valence-electron chi connectivity index (χ1n) is 6.64. The zero-order valence-electron chi connectivity index (χ0n) is 11.2. The summed E-state index contributed by atoms with van der Waals surface area (Å²) < 4.78 is 16.7. The normalized spacial score (nSPS) is 15.7. The highest BCUT2D eigenvalue weighted by Gasteiger charge is 2.16. The Kier molecular flexibility index (Phi) is 4.47. The van der Waals surface area contributed by atoms with E-state index in [1.54, 1.807) is 18.3 Å². The number of halogens is 1. The topological polar surface area (TPSA) is 66.4 Å². The predicted molar refractivity (Wildman–Crippen MR) is 75.8 cm³/mol. The lowest BCUT2D eigenvalue weighted by atomic mass is 10.2. The van der Waals surface area contributed by atoms with Crippen molar-refractivity contribution in [3.05, 3.63) is 35.9 Å². The molecular weight excluding hydrogens is 294 g/mol. The third-order valence-electron chi connectivity index (χ3n) is 2.97. The van der Waals surface area contributed by atoms with Crippen molar-refractivity contribution in [3.63, 3.8) is 0 Å². The van der Waals surface area contributed by atoms with Crippen LogP contribution >= 0.6 is 11.6 Å². The lowest BCUT2D eigenvalue weighted by Crippen LogP contribution is -2.26. The summed E-state index contributed by atoms with van der Waals surface area (Å²) in [6.07, 6.45) is 6.34. The van der Waals surface area contributed by atoms with E-state index in [0.717, 1.165) is 12.8 Å². The van der Waals surface area contributed by atoms with Crippen molar-refractivity contribution in [1.29, 1.82) is 0 Å². The Morgan fingerprint density at radius 3 is 2.71 bits per heavy atom. The Balaban J connectivity index is 1.67. The second kappa shape index (κ2) is 6.69. The van der Waals surface area contributed by atoms with Crippen LogP contribution in [0.4, 0.5) is 0 Å². The average molecular weight is 308 g/mol. The maximum absolute atomic E-state index is 5.86. The monoisotopic (exact) mass is 307 g/mol. The number of rotatable bonds is 4. The van der Waals surface area contributed by atoms with Crippen LogP contribution in [-0.2, 0) is 4.74 Å². The van der Waals surface area contributed by atoms with Gasteiger partial charge in [0.05, 0.1) is 30.5 Å². The molecule has 1 fully saturated rings. The van der Waals surface area contributed by atoms with E-state index >= 15 is 0 Å². The molecule has 2 aromatic rings. The van der Waals surface area contributed by atoms with E-state index in [1.165, 1.54) is 12.5 Å². The molecule has 1 aliphatic heterocycles. The van der Waals surface area contributed by atoms with Crippen LogP contribution in [0.5, 0.6) is 17.5 Å². The Morgan fingerprint density at radius 1 is 1.10 bits per heavy atom. The van der Waals surface area contributed by atoms with Crippen molar-refractivity contribution in [1.82, 2.24) is 15.0 Å². The van der Waals surface area contributed by atoms with Crippen LogP contribution in [0.15, 0.2) is 30.9 Å². The van der Waals surface area contributed by atoms with Gasteiger partial charge in [-0.2, -0.15) is 0 Å². The molecule has 0 aromatic carbocycles. The Morgan fingerprint density at radius 2 is 1.90 bits per heavy atom. The lowest BCUT2D eigenvalue weighted by Gasteiger charge is -2.22. The van der Waals surface area contributed by atoms with Crippen molar-refractivity contribution >= 4 is 11.6 Å². The Labute approximate surface area is 127 Å². The molecule has 0 atom stereocenters. The number of pyridine rings is 1. The molecule has 110 valence electrons. The fourth-order valence-electron chi connectivity index (χ4n) is 1.98. The summed E-state index contributed by atoms with van der Waals surface area (Å²) in [5.41, 5.74) is 0. The van der Waals surface area contributed by atoms with E-state index in [2.05, 4.69) is 15.0 Å². The second-order valence-electron chi connectivity index (χ2n) is 4.56. The van der Waals surface area contributed by atoms with E-state index in [0.29, 0.717) is 35.7 Å². The fourth-order valence-corrected chi connectivity index (χ4v) is 2.14. The third kappa shape index (κ3) is 4.03. The SMILES string of the molecule is Clc1cncc(Oc2cc(OC3CCOCC3)ncn2)c1. The molecule has 21 heavy (non-hydrogen) atoms. The van der Waals surface area contributed by atoms with E-state index in [4.69, 9.17) is 25.8 Å². The minimum atomic E-state index is 0.120. The fraction of sp³-hybridized carbons (Fsp3) is 0.357. The van der Waals surface area contributed by atoms with Gasteiger partial charge in [0.2, 0.25) is 11.8 Å². The summed E-state index contributed by atoms with van der Waals surface area (Å²) in [5, 5.41) is 0.500. The summed E-state index contributed by atoms with van der Waals surface area (Å²) >= 11 is 5.86. The zero-order valence-corrected chi connectivity index (χ0v) is 12.0. The maximum Gasteiger partial charge on any atom is 0.226 e. The summed E-state index contributed by atoms with van der Waals surface area (Å²) in [5.74, 6) is 1.39. The Bertz CT molecular complexity index is 606. The van der Waals surface area contributed by atoms with Gasteiger partial charge >= 0.3 is 0 Å². The van der Waals surface area contributed by atoms with Gasteiger partial charge in [0.1, 0.15) is 18.2 Å². The molecule has 1 aliphatic rings. The van der Waals surface area contributed by atoms with E-state index in [9.17, 15) is 0 Å². The van der Waals surface area contributed by atoms with Gasteiger partial charge in [-0.3, -0.25) is 4.98 Å². The average Bonchev–Trinajstić information content (AvgIpc) is 2.49. The number of hydrogen-bond donors (Lipinski definition) is 0. The summed E-state index contributed by atoms with van der Waals surface area (Å²) in [4.78, 5) is 12.1. The first-order valence-corrected chi connectivity index (χ1v) is 7.02. The maximum atomic E-state index is 5.86. The molecular formula is C14H14ClN3O3. The molecule has 3 heterocycles. The predicted octanol–water partition coefficient (Wildman–Crippen LogP) is 2.88. The molecule has 0 unspecified atom stereocenters. The highest BCUT2D eigenvalue weighted by Crippen LogP contribution is 2.24. The standard InChI is InChI=1S/C14H14ClN3O3/c15-10-5-12(8-16-7-10)21-14-6-13(17-9-18-14)20-11-1-3-19-4-2-11/h5-9,11H,1-4H2. The third-order valence-corrected chi connectivity index (χ3v) is 3.18. The van der Waals surface area contributed by atoms with Crippen LogP contribution in [0.1, 0.15) is 12.8 Å². The highest BCUT2D eigenvalue weighted by atomic mass is 35.5. The minimum absolute atomic E-state index is 0.120. The Hall–Kier alpha value is -1.92. The molecule has 3 rings (SSSR count). The molecule has 0 spiro atoms. The molecule has 0 radical (unpaired) electrons. The van der Waals surface area contributed by atoms with Crippen molar-refractivity contribution in [2.75, 3.05) is 13.2 Å². The van der Waals surface area contributed by atoms with Crippen molar-refractivity contribution in [2.24, 2.45) is 0 Å². The number of aromatic nitrogens is 3. The lowest BCUT2D eigenvalue weighted by molar-refractivity contribution is 0.0236. The van der Waals surface area contributed by atoms with Crippen molar-refractivity contribution in [3.8, 4) is 17.5 Å². The van der Waals surface area contributed by atoms with Gasteiger partial charge in [0.25, 0.3) is 0 Å². The van der Waals surface area contributed by atoms with Crippen LogP contribution in [0.25, 0.3) is 0 Å². The largest absolute Gasteiger partial charge is 0.474 e. The highest BCUT2D eigenvalue weighted by molar-refractivity contribution is 6.30. The van der Waals surface area contributed by atoms with Gasteiger partial charge in [0, 0.05) is 25.1 Å². The van der Waals surface area contributed by atoms with Gasteiger partial charge in [0.15, 0.2) is 0 Å². The quantitative estimate of drug-likeness (QED) is 0.865. The first kappa shape index (κ1) is 14.0. The summed E-state index contributed by atoms with van der Waals surface area (Å²) in [6, 6.07) is 3.31. The summed E-state index contributed by atoms with van der Waals surface area (Å²) in [6.45, 7) is 1.43. The van der Waals surface area contributed by atoms with E-state index in [-0.39, 0.29) is 6.10 Å². The molecule has 7 heteroatoms. The molecule has 0 amide bonds. The molecule has 0 N–H and O–H groups in total. The van der Waals surface area contributed by atoms with Crippen molar-refractivity contribution < 1.29 is 14.2 Å². The van der Waals surface area contributed by atoms with Crippen LogP contribution in [-0.4, -0.2) is 34.3 Å². The van der Waals surface area contributed by atoms with Gasteiger partial charge in [-0.05, 0) is 0 Å². The zero-order chi connectivity index (χ0) is 14.5. The first-order chi connectivity index (χ1) is 10.3. The van der Waals surface area contributed by atoms with Crippen molar-refractivity contribution in [2.45, 2.75) is 18.9 Å². The number of hydrogen-bond acceptors (Lipinski definition) is 6. The van der Waals surface area contributed by atoms with Crippen LogP contribution in [0.3, 0.4) is 0 Å². The molecule has 0 saturated carbocycles. The van der Waals surface area contributed by atoms with Gasteiger partial charge in [-0.25, -0.2) is 9.97 Å². The second-order valence-corrected chi connectivity index (χ2v) is 5.00. The van der Waals surface area contributed by atoms with E-state index in [1.807, 2.05) is 0 Å². The molecule has 0 bridgehead atoms. The molecule has 1 saturated heterocycles. The summed E-state index contributed by atoms with van der Waals surface area (Å²) in [7, 11) is 0. The van der Waals surface area contributed by atoms with E-state index < -0.39 is 0 Å². The minimum Gasteiger partial charge on any atom is -0.474 e. The number of ether oxygens (including phenoxy) is 3. The van der Waals surface area contributed by atoms with Gasteiger partial charge < -0.3 is 14.2 Å². The molecule has 0 aliphatic carbocycles. The van der Waals surface area contributed by atoms with Crippen LogP contribution < -0.4 is 9.47 Å². The number of nitrogens with zero attached hydrogens (tertiary/aromatic N) is 3. The van der Waals surface area contributed by atoms with Crippen LogP contribution in [0, 0.1) is 0 Å². The molecule has 6 nitrogen and oxygen atoms in total. The molecule has 2 aromatic heterocycles. The van der Waals surface area contributed by atoms with Gasteiger partial charge in [-0.15, -0.1) is 0 Å².